The van der Waals surface area contributed by atoms with Crippen molar-refractivity contribution < 1.29 is 19.1 Å². The summed E-state index contributed by atoms with van der Waals surface area (Å²) in [5, 5.41) is 8.95. The number of amides is 1. The number of hydrogen-bond acceptors (Lipinski definition) is 3. The number of thioether (sulfide) groups is 1. The molecule has 2 atom stereocenters. The lowest BCUT2D eigenvalue weighted by molar-refractivity contribution is -0.148. The Kier molecular flexibility index (Phi) is 4.09. The number of aliphatic carboxylic acids is 1. The zero-order valence-corrected chi connectivity index (χ0v) is 11.2. The lowest BCUT2D eigenvalue weighted by atomic mass is 10.1. The third kappa shape index (κ3) is 3.07. The lowest BCUT2D eigenvalue weighted by Gasteiger charge is -2.25. The number of rotatable bonds is 3. The second-order valence-corrected chi connectivity index (χ2v) is 5.74. The second-order valence-electron chi connectivity index (χ2n) is 4.39. The van der Waals surface area contributed by atoms with Gasteiger partial charge in [0.05, 0.1) is 11.8 Å². The van der Waals surface area contributed by atoms with Gasteiger partial charge < -0.3 is 10.0 Å². The van der Waals surface area contributed by atoms with E-state index in [2.05, 4.69) is 0 Å². The Bertz CT molecular complexity index is 491. The Hall–Kier alpha value is -1.56. The average molecular weight is 283 g/mol. The summed E-state index contributed by atoms with van der Waals surface area (Å²) in [7, 11) is 0. The highest BCUT2D eigenvalue weighted by atomic mass is 32.2. The number of benzene rings is 1. The molecule has 1 aliphatic heterocycles. The molecule has 1 heterocycles. The van der Waals surface area contributed by atoms with E-state index in [0.717, 1.165) is 0 Å². The third-order valence-corrected chi connectivity index (χ3v) is 4.28. The first kappa shape index (κ1) is 13.9. The molecule has 1 N–H and O–H groups in total. The van der Waals surface area contributed by atoms with Crippen molar-refractivity contribution in [3.05, 3.63) is 35.6 Å². The predicted octanol–water partition coefficient (Wildman–Crippen LogP) is 1.74. The van der Waals surface area contributed by atoms with Gasteiger partial charge in [0.2, 0.25) is 5.91 Å². The Morgan fingerprint density at radius 3 is 2.63 bits per heavy atom. The fourth-order valence-electron chi connectivity index (χ4n) is 2.08. The monoisotopic (exact) mass is 283 g/mol. The fourth-order valence-corrected chi connectivity index (χ4v) is 3.27. The molecule has 0 aliphatic carbocycles. The van der Waals surface area contributed by atoms with Crippen LogP contribution in [0.4, 0.5) is 4.39 Å². The quantitative estimate of drug-likeness (QED) is 0.918. The summed E-state index contributed by atoms with van der Waals surface area (Å²) in [5.74, 6) is -1.17. The molecule has 0 saturated carbocycles. The van der Waals surface area contributed by atoms with E-state index in [9.17, 15) is 14.0 Å². The van der Waals surface area contributed by atoms with Crippen molar-refractivity contribution in [3.63, 3.8) is 0 Å². The minimum atomic E-state index is -0.982. The fraction of sp³-hybridized carbons (Fsp3) is 0.385. The van der Waals surface area contributed by atoms with Crippen molar-refractivity contribution in [1.82, 2.24) is 4.90 Å². The van der Waals surface area contributed by atoms with Crippen molar-refractivity contribution >= 4 is 23.6 Å². The van der Waals surface area contributed by atoms with Gasteiger partial charge in [0.15, 0.2) is 0 Å². The van der Waals surface area contributed by atoms with E-state index in [1.165, 1.54) is 40.9 Å². The molecule has 1 aromatic carbocycles. The summed E-state index contributed by atoms with van der Waals surface area (Å²) in [6.07, 6.45) is 0.0922. The van der Waals surface area contributed by atoms with Gasteiger partial charge in [-0.3, -0.25) is 4.79 Å². The molecule has 0 bridgehead atoms. The van der Waals surface area contributed by atoms with Gasteiger partial charge in [0.1, 0.15) is 11.9 Å². The van der Waals surface area contributed by atoms with Crippen LogP contribution >= 0.6 is 11.8 Å². The van der Waals surface area contributed by atoms with E-state index < -0.39 is 12.0 Å². The molecule has 6 heteroatoms. The van der Waals surface area contributed by atoms with Crippen LogP contribution in [0, 0.1) is 5.82 Å². The number of carbonyl (C=O) groups excluding carboxylic acids is 1. The van der Waals surface area contributed by atoms with Crippen molar-refractivity contribution in [2.75, 3.05) is 5.75 Å². The highest BCUT2D eigenvalue weighted by Gasteiger charge is 2.39. The molecule has 1 aromatic rings. The summed E-state index contributed by atoms with van der Waals surface area (Å²) in [4.78, 5) is 24.7. The molecule has 1 amide bonds. The van der Waals surface area contributed by atoms with E-state index in [0.29, 0.717) is 11.3 Å². The van der Waals surface area contributed by atoms with Crippen LogP contribution in [0.1, 0.15) is 12.5 Å². The summed E-state index contributed by atoms with van der Waals surface area (Å²) in [5.41, 5.74) is 0.680. The zero-order chi connectivity index (χ0) is 14.0. The molecule has 0 radical (unpaired) electrons. The molecule has 2 unspecified atom stereocenters. The first-order valence-corrected chi connectivity index (χ1v) is 6.94. The van der Waals surface area contributed by atoms with E-state index in [1.54, 1.807) is 0 Å². The molecule has 19 heavy (non-hydrogen) atoms. The SMILES string of the molecule is CC1SCC(C(=O)O)N1C(=O)Cc1ccc(F)cc1. The third-order valence-electron chi connectivity index (χ3n) is 3.06. The number of halogens is 1. The number of carboxylic acids is 1. The van der Waals surface area contributed by atoms with Crippen LogP contribution in [0.2, 0.25) is 0 Å². The first-order valence-electron chi connectivity index (χ1n) is 5.89. The van der Waals surface area contributed by atoms with Gasteiger partial charge in [-0.2, -0.15) is 0 Å². The van der Waals surface area contributed by atoms with E-state index in [-0.39, 0.29) is 23.5 Å². The molecule has 4 nitrogen and oxygen atoms in total. The Balaban J connectivity index is 2.10. The molecule has 1 fully saturated rings. The van der Waals surface area contributed by atoms with E-state index in [1.807, 2.05) is 6.92 Å². The normalized spacial score (nSPS) is 22.5. The van der Waals surface area contributed by atoms with Crippen LogP contribution < -0.4 is 0 Å². The highest BCUT2D eigenvalue weighted by Crippen LogP contribution is 2.29. The van der Waals surface area contributed by atoms with Crippen LogP contribution in [0.25, 0.3) is 0 Å². The Labute approximate surface area is 114 Å². The summed E-state index contributed by atoms with van der Waals surface area (Å²) >= 11 is 1.45. The van der Waals surface area contributed by atoms with Crippen LogP contribution in [0.15, 0.2) is 24.3 Å². The Morgan fingerprint density at radius 2 is 2.05 bits per heavy atom. The first-order chi connectivity index (χ1) is 8.99. The Morgan fingerprint density at radius 1 is 1.42 bits per heavy atom. The van der Waals surface area contributed by atoms with Crippen LogP contribution in [-0.2, 0) is 16.0 Å². The molecular weight excluding hydrogens is 269 g/mol. The van der Waals surface area contributed by atoms with Crippen molar-refractivity contribution in [2.45, 2.75) is 24.8 Å². The molecule has 2 rings (SSSR count). The minimum Gasteiger partial charge on any atom is -0.480 e. The van der Waals surface area contributed by atoms with Crippen molar-refractivity contribution in [3.8, 4) is 0 Å². The highest BCUT2D eigenvalue weighted by molar-refractivity contribution is 8.00. The van der Waals surface area contributed by atoms with Crippen LogP contribution in [0.3, 0.4) is 0 Å². The predicted molar refractivity (Wildman–Crippen MR) is 70.3 cm³/mol. The van der Waals surface area contributed by atoms with E-state index >= 15 is 0 Å². The minimum absolute atomic E-state index is 0.0922. The van der Waals surface area contributed by atoms with Gasteiger partial charge in [-0.25, -0.2) is 9.18 Å². The molecule has 0 spiro atoms. The molecule has 1 saturated heterocycles. The summed E-state index contributed by atoms with van der Waals surface area (Å²) in [6.45, 7) is 1.82. The molecular formula is C13H14FNO3S. The van der Waals surface area contributed by atoms with Gasteiger partial charge in [-0.1, -0.05) is 12.1 Å². The number of carboxylic acid groups (broad SMARTS) is 1. The van der Waals surface area contributed by atoms with Gasteiger partial charge >= 0.3 is 5.97 Å². The van der Waals surface area contributed by atoms with Gasteiger partial charge in [0, 0.05) is 5.75 Å². The second kappa shape index (κ2) is 5.61. The number of hydrogen-bond donors (Lipinski definition) is 1. The average Bonchev–Trinajstić information content (AvgIpc) is 2.74. The maximum atomic E-state index is 12.8. The molecule has 0 aromatic heterocycles. The van der Waals surface area contributed by atoms with Crippen LogP contribution in [0.5, 0.6) is 0 Å². The summed E-state index contributed by atoms with van der Waals surface area (Å²) in [6, 6.07) is 4.89. The maximum Gasteiger partial charge on any atom is 0.327 e. The van der Waals surface area contributed by atoms with Gasteiger partial charge in [0.25, 0.3) is 0 Å². The van der Waals surface area contributed by atoms with Gasteiger partial charge in [-0.15, -0.1) is 11.8 Å². The topological polar surface area (TPSA) is 57.6 Å². The standard InChI is InChI=1S/C13H14FNO3S/c1-8-15(11(7-19-8)13(17)18)12(16)6-9-2-4-10(14)5-3-9/h2-5,8,11H,6-7H2,1H3,(H,17,18). The number of nitrogens with zero attached hydrogens (tertiary/aromatic N) is 1. The van der Waals surface area contributed by atoms with Crippen molar-refractivity contribution in [1.29, 1.82) is 0 Å². The lowest BCUT2D eigenvalue weighted by Crippen LogP contribution is -2.45. The molecule has 1 aliphatic rings. The summed E-state index contributed by atoms with van der Waals surface area (Å²) < 4.78 is 12.8. The largest absolute Gasteiger partial charge is 0.480 e. The smallest absolute Gasteiger partial charge is 0.327 e. The number of carbonyl (C=O) groups is 2. The van der Waals surface area contributed by atoms with Crippen LogP contribution in [-0.4, -0.2) is 39.1 Å². The van der Waals surface area contributed by atoms with Gasteiger partial charge in [-0.05, 0) is 24.6 Å². The maximum absolute atomic E-state index is 12.8. The van der Waals surface area contributed by atoms with Crippen molar-refractivity contribution in [2.24, 2.45) is 0 Å². The zero-order valence-electron chi connectivity index (χ0n) is 10.4. The molecule has 102 valence electrons. The van der Waals surface area contributed by atoms with E-state index in [4.69, 9.17) is 5.11 Å².